The maximum Gasteiger partial charge on any atom is 0.255 e. The van der Waals surface area contributed by atoms with Crippen molar-refractivity contribution in [3.05, 3.63) is 58.7 Å². The number of aldehydes is 1. The van der Waals surface area contributed by atoms with Gasteiger partial charge in [0.05, 0.1) is 11.8 Å². The van der Waals surface area contributed by atoms with E-state index in [0.29, 0.717) is 22.6 Å². The van der Waals surface area contributed by atoms with Gasteiger partial charge >= 0.3 is 0 Å². The van der Waals surface area contributed by atoms with Crippen LogP contribution in [0.2, 0.25) is 0 Å². The van der Waals surface area contributed by atoms with Crippen LogP contribution in [0.1, 0.15) is 45.7 Å². The first-order chi connectivity index (χ1) is 10.9. The molecule has 0 aliphatic rings. The molecular weight excluding hydrogens is 290 g/mol. The average Bonchev–Trinajstić information content (AvgIpc) is 2.51. The van der Waals surface area contributed by atoms with Crippen molar-refractivity contribution in [2.45, 2.75) is 33.8 Å². The number of carbonyl (C=O) groups excluding carboxylic acids is 2. The van der Waals surface area contributed by atoms with Gasteiger partial charge in [-0.25, -0.2) is 0 Å². The minimum absolute atomic E-state index is 0.0330. The molecule has 2 rings (SSSR count). The molecule has 120 valence electrons. The second-order valence-corrected chi connectivity index (χ2v) is 5.79. The van der Waals surface area contributed by atoms with Crippen LogP contribution in [0, 0.1) is 13.8 Å². The van der Waals surface area contributed by atoms with Crippen LogP contribution in [0.25, 0.3) is 0 Å². The van der Waals surface area contributed by atoms with E-state index in [9.17, 15) is 9.59 Å². The number of hydrogen-bond donors (Lipinski definition) is 1. The predicted octanol–water partition coefficient (Wildman–Crippen LogP) is 4.16. The van der Waals surface area contributed by atoms with Crippen molar-refractivity contribution in [2.24, 2.45) is 0 Å². The fourth-order valence-electron chi connectivity index (χ4n) is 2.15. The monoisotopic (exact) mass is 311 g/mol. The molecule has 0 aliphatic carbocycles. The van der Waals surface area contributed by atoms with Crippen LogP contribution in [0.15, 0.2) is 36.4 Å². The molecule has 0 atom stereocenters. The first-order valence-electron chi connectivity index (χ1n) is 7.55. The molecule has 1 N–H and O–H groups in total. The van der Waals surface area contributed by atoms with Gasteiger partial charge in [-0.1, -0.05) is 6.07 Å². The highest BCUT2D eigenvalue weighted by molar-refractivity contribution is 6.05. The average molecular weight is 311 g/mol. The largest absolute Gasteiger partial charge is 0.489 e. The van der Waals surface area contributed by atoms with E-state index in [1.165, 1.54) is 0 Å². The van der Waals surface area contributed by atoms with Gasteiger partial charge in [-0.15, -0.1) is 0 Å². The molecule has 0 unspecified atom stereocenters. The summed E-state index contributed by atoms with van der Waals surface area (Å²) in [5, 5.41) is 2.83. The molecule has 0 spiro atoms. The maximum atomic E-state index is 12.5. The molecule has 0 saturated heterocycles. The van der Waals surface area contributed by atoms with Gasteiger partial charge in [0, 0.05) is 11.1 Å². The zero-order valence-corrected chi connectivity index (χ0v) is 13.8. The van der Waals surface area contributed by atoms with Crippen molar-refractivity contribution in [1.29, 1.82) is 0 Å². The van der Waals surface area contributed by atoms with Crippen LogP contribution >= 0.6 is 0 Å². The third kappa shape index (κ3) is 4.19. The van der Waals surface area contributed by atoms with E-state index in [2.05, 4.69) is 5.32 Å². The summed E-state index contributed by atoms with van der Waals surface area (Å²) < 4.78 is 5.69. The quantitative estimate of drug-likeness (QED) is 0.844. The smallest absolute Gasteiger partial charge is 0.255 e. The number of rotatable bonds is 5. The SMILES string of the molecule is Cc1ccc(C(=O)Nc2cc(C=O)ccc2OC(C)C)cc1C. The summed E-state index contributed by atoms with van der Waals surface area (Å²) in [5.74, 6) is 0.313. The van der Waals surface area contributed by atoms with Gasteiger partial charge in [-0.3, -0.25) is 9.59 Å². The Morgan fingerprint density at radius 2 is 1.83 bits per heavy atom. The molecule has 0 heterocycles. The third-order valence-corrected chi connectivity index (χ3v) is 3.52. The molecular formula is C19H21NO3. The maximum absolute atomic E-state index is 12.5. The van der Waals surface area contributed by atoms with Crippen LogP contribution < -0.4 is 10.1 Å². The van der Waals surface area contributed by atoms with Crippen molar-refractivity contribution in [2.75, 3.05) is 5.32 Å². The lowest BCUT2D eigenvalue weighted by atomic mass is 10.1. The number of aryl methyl sites for hydroxylation is 2. The zero-order valence-electron chi connectivity index (χ0n) is 13.8. The minimum atomic E-state index is -0.232. The number of nitrogens with one attached hydrogen (secondary N) is 1. The topological polar surface area (TPSA) is 55.4 Å². The Hall–Kier alpha value is -2.62. The van der Waals surface area contributed by atoms with Gasteiger partial charge in [0.2, 0.25) is 0 Å². The van der Waals surface area contributed by atoms with E-state index in [1.807, 2.05) is 39.8 Å². The standard InChI is InChI=1S/C19H21NO3/c1-12(2)23-18-8-6-15(11-21)10-17(18)20-19(22)16-7-5-13(3)14(4)9-16/h5-12H,1-4H3,(H,20,22). The molecule has 2 aromatic rings. The fraction of sp³-hybridized carbons (Fsp3) is 0.263. The van der Waals surface area contributed by atoms with Gasteiger partial charge in [0.25, 0.3) is 5.91 Å². The van der Waals surface area contributed by atoms with E-state index < -0.39 is 0 Å². The predicted molar refractivity (Wildman–Crippen MR) is 91.5 cm³/mol. The van der Waals surface area contributed by atoms with E-state index in [4.69, 9.17) is 4.74 Å². The zero-order chi connectivity index (χ0) is 17.0. The lowest BCUT2D eigenvalue weighted by Crippen LogP contribution is -2.15. The summed E-state index contributed by atoms with van der Waals surface area (Å²) >= 11 is 0. The lowest BCUT2D eigenvalue weighted by Gasteiger charge is -2.15. The Labute approximate surface area is 136 Å². The summed E-state index contributed by atoms with van der Waals surface area (Å²) in [6.07, 6.45) is 0.708. The van der Waals surface area contributed by atoms with Crippen LogP contribution in [-0.4, -0.2) is 18.3 Å². The molecule has 23 heavy (non-hydrogen) atoms. The molecule has 0 bridgehead atoms. The minimum Gasteiger partial charge on any atom is -0.489 e. The molecule has 4 nitrogen and oxygen atoms in total. The Bertz CT molecular complexity index is 735. The highest BCUT2D eigenvalue weighted by Gasteiger charge is 2.12. The Morgan fingerprint density at radius 1 is 1.09 bits per heavy atom. The molecule has 2 aromatic carbocycles. The highest BCUT2D eigenvalue weighted by Crippen LogP contribution is 2.27. The van der Waals surface area contributed by atoms with Crippen LogP contribution in [-0.2, 0) is 0 Å². The van der Waals surface area contributed by atoms with E-state index in [0.717, 1.165) is 17.4 Å². The van der Waals surface area contributed by atoms with Crippen molar-refractivity contribution < 1.29 is 14.3 Å². The third-order valence-electron chi connectivity index (χ3n) is 3.52. The number of amides is 1. The van der Waals surface area contributed by atoms with Crippen molar-refractivity contribution in [3.8, 4) is 5.75 Å². The molecule has 0 aromatic heterocycles. The van der Waals surface area contributed by atoms with Crippen molar-refractivity contribution >= 4 is 17.9 Å². The fourth-order valence-corrected chi connectivity index (χ4v) is 2.15. The van der Waals surface area contributed by atoms with Crippen molar-refractivity contribution in [3.63, 3.8) is 0 Å². The van der Waals surface area contributed by atoms with Crippen molar-refractivity contribution in [1.82, 2.24) is 0 Å². The Kier molecular flexibility index (Phi) is 5.16. The summed E-state index contributed by atoms with van der Waals surface area (Å²) in [7, 11) is 0. The molecule has 0 aliphatic heterocycles. The summed E-state index contributed by atoms with van der Waals surface area (Å²) in [6, 6.07) is 10.5. The van der Waals surface area contributed by atoms with Crippen LogP contribution in [0.4, 0.5) is 5.69 Å². The normalized spacial score (nSPS) is 10.5. The number of anilines is 1. The van der Waals surface area contributed by atoms with E-state index >= 15 is 0 Å². The van der Waals surface area contributed by atoms with E-state index in [-0.39, 0.29) is 12.0 Å². The number of benzene rings is 2. The lowest BCUT2D eigenvalue weighted by molar-refractivity contribution is 0.102. The van der Waals surface area contributed by atoms with Crippen LogP contribution in [0.5, 0.6) is 5.75 Å². The molecule has 0 saturated carbocycles. The van der Waals surface area contributed by atoms with Crippen LogP contribution in [0.3, 0.4) is 0 Å². The molecule has 1 amide bonds. The molecule has 0 fully saturated rings. The van der Waals surface area contributed by atoms with Gasteiger partial charge in [0.15, 0.2) is 0 Å². The summed E-state index contributed by atoms with van der Waals surface area (Å²) in [6.45, 7) is 7.77. The molecule has 0 radical (unpaired) electrons. The van der Waals surface area contributed by atoms with E-state index in [1.54, 1.807) is 24.3 Å². The van der Waals surface area contributed by atoms with Gasteiger partial charge in [-0.05, 0) is 69.2 Å². The van der Waals surface area contributed by atoms with Gasteiger partial charge in [0.1, 0.15) is 12.0 Å². The second-order valence-electron chi connectivity index (χ2n) is 5.79. The number of carbonyl (C=O) groups is 2. The molecule has 4 heteroatoms. The number of ether oxygens (including phenoxy) is 1. The number of hydrogen-bond acceptors (Lipinski definition) is 3. The van der Waals surface area contributed by atoms with Gasteiger partial charge < -0.3 is 10.1 Å². The summed E-state index contributed by atoms with van der Waals surface area (Å²) in [4.78, 5) is 23.4. The Morgan fingerprint density at radius 3 is 2.43 bits per heavy atom. The first kappa shape index (κ1) is 16.7. The first-order valence-corrected chi connectivity index (χ1v) is 7.55. The van der Waals surface area contributed by atoms with Gasteiger partial charge in [-0.2, -0.15) is 0 Å². The Balaban J connectivity index is 2.31. The summed E-state index contributed by atoms with van der Waals surface area (Å²) in [5.41, 5.74) is 3.73. The second kappa shape index (κ2) is 7.09. The highest BCUT2D eigenvalue weighted by atomic mass is 16.5.